The summed E-state index contributed by atoms with van der Waals surface area (Å²) in [4.78, 5) is 28.2. The minimum absolute atomic E-state index is 0.0678. The van der Waals surface area contributed by atoms with Gasteiger partial charge in [-0.1, -0.05) is 30.3 Å². The molecule has 1 atom stereocenters. The van der Waals surface area contributed by atoms with E-state index >= 15 is 0 Å². The lowest BCUT2D eigenvalue weighted by Gasteiger charge is -2.21. The van der Waals surface area contributed by atoms with Crippen molar-refractivity contribution in [1.82, 2.24) is 9.88 Å². The van der Waals surface area contributed by atoms with Crippen molar-refractivity contribution in [1.29, 1.82) is 0 Å². The van der Waals surface area contributed by atoms with Gasteiger partial charge in [0.2, 0.25) is 0 Å². The Morgan fingerprint density at radius 2 is 1.96 bits per heavy atom. The number of nitrogens with zero attached hydrogens (tertiary/aromatic N) is 2. The summed E-state index contributed by atoms with van der Waals surface area (Å²) >= 11 is 0. The van der Waals surface area contributed by atoms with Gasteiger partial charge in [-0.05, 0) is 17.7 Å². The summed E-state index contributed by atoms with van der Waals surface area (Å²) < 4.78 is 5.44. The Hall–Kier alpha value is -2.77. The van der Waals surface area contributed by atoms with E-state index in [0.29, 0.717) is 6.61 Å². The zero-order valence-electron chi connectivity index (χ0n) is 13.8. The molecule has 2 aromatic rings. The van der Waals surface area contributed by atoms with E-state index in [0.717, 1.165) is 5.56 Å². The standard InChI is InChI=1S/C18H20N2O5/c1-20(17(22)14-7-8-19-16(9-14)18(23)24)10-15(21)12-25-11-13-5-3-2-4-6-13/h2-9,15,21H,10-12H2,1H3,(H,23,24). The summed E-state index contributed by atoms with van der Waals surface area (Å²) in [6.07, 6.45) is 0.419. The highest BCUT2D eigenvalue weighted by Gasteiger charge is 2.17. The summed E-state index contributed by atoms with van der Waals surface area (Å²) in [7, 11) is 1.53. The molecular weight excluding hydrogens is 324 g/mol. The van der Waals surface area contributed by atoms with Crippen molar-refractivity contribution in [3.8, 4) is 0 Å². The number of carbonyl (C=O) groups excluding carboxylic acids is 1. The zero-order valence-corrected chi connectivity index (χ0v) is 13.8. The Kier molecular flexibility index (Phi) is 6.62. The van der Waals surface area contributed by atoms with Crippen molar-refractivity contribution in [2.75, 3.05) is 20.2 Å². The quantitative estimate of drug-likeness (QED) is 0.751. The lowest BCUT2D eigenvalue weighted by Crippen LogP contribution is -2.36. The predicted molar refractivity (Wildman–Crippen MR) is 90.3 cm³/mol. The Bertz CT molecular complexity index is 720. The maximum atomic E-state index is 12.3. The molecule has 0 aliphatic carbocycles. The monoisotopic (exact) mass is 344 g/mol. The summed E-state index contributed by atoms with van der Waals surface area (Å²) in [5.41, 5.74) is 0.996. The van der Waals surface area contributed by atoms with Gasteiger partial charge in [-0.3, -0.25) is 4.79 Å². The predicted octanol–water partition coefficient (Wildman–Crippen LogP) is 1.43. The molecule has 1 heterocycles. The number of hydrogen-bond donors (Lipinski definition) is 2. The van der Waals surface area contributed by atoms with Crippen molar-refractivity contribution in [3.63, 3.8) is 0 Å². The minimum atomic E-state index is -1.20. The van der Waals surface area contributed by atoms with E-state index in [1.165, 1.54) is 30.3 Å². The second-order valence-corrected chi connectivity index (χ2v) is 5.58. The van der Waals surface area contributed by atoms with Gasteiger partial charge in [0.25, 0.3) is 5.91 Å². The first-order valence-electron chi connectivity index (χ1n) is 7.72. The van der Waals surface area contributed by atoms with Crippen molar-refractivity contribution in [2.24, 2.45) is 0 Å². The maximum absolute atomic E-state index is 12.3. The number of hydrogen-bond acceptors (Lipinski definition) is 5. The number of aromatic carboxylic acids is 1. The normalized spacial score (nSPS) is 11.8. The molecule has 0 fully saturated rings. The third-order valence-corrected chi connectivity index (χ3v) is 3.48. The smallest absolute Gasteiger partial charge is 0.354 e. The molecule has 0 aliphatic heterocycles. The number of pyridine rings is 1. The van der Waals surface area contributed by atoms with Gasteiger partial charge in [0.05, 0.1) is 19.3 Å². The largest absolute Gasteiger partial charge is 0.477 e. The van der Waals surface area contributed by atoms with Crippen LogP contribution in [0.5, 0.6) is 0 Å². The average Bonchev–Trinajstić information content (AvgIpc) is 2.62. The van der Waals surface area contributed by atoms with Crippen molar-refractivity contribution >= 4 is 11.9 Å². The second kappa shape index (κ2) is 8.91. The Morgan fingerprint density at radius 3 is 2.64 bits per heavy atom. The Morgan fingerprint density at radius 1 is 1.24 bits per heavy atom. The second-order valence-electron chi connectivity index (χ2n) is 5.58. The fourth-order valence-electron chi connectivity index (χ4n) is 2.24. The molecule has 0 spiro atoms. The first kappa shape index (κ1) is 18.6. The summed E-state index contributed by atoms with van der Waals surface area (Å²) in [5.74, 6) is -1.60. The van der Waals surface area contributed by atoms with Gasteiger partial charge in [0, 0.05) is 25.4 Å². The van der Waals surface area contributed by atoms with Crippen LogP contribution >= 0.6 is 0 Å². The van der Waals surface area contributed by atoms with Crippen LogP contribution in [0.15, 0.2) is 48.7 Å². The summed E-state index contributed by atoms with van der Waals surface area (Å²) in [5, 5.41) is 18.9. The number of likely N-dealkylation sites (N-methyl/N-ethyl adjacent to an activating group) is 1. The van der Waals surface area contributed by atoms with Crippen LogP contribution in [-0.2, 0) is 11.3 Å². The Balaban J connectivity index is 1.83. The molecule has 0 aliphatic rings. The lowest BCUT2D eigenvalue weighted by atomic mass is 10.2. The molecule has 0 saturated carbocycles. The van der Waals surface area contributed by atoms with E-state index in [4.69, 9.17) is 9.84 Å². The Labute approximate surface area is 145 Å². The number of aliphatic hydroxyl groups is 1. The molecule has 132 valence electrons. The third-order valence-electron chi connectivity index (χ3n) is 3.48. The molecule has 1 aromatic carbocycles. The average molecular weight is 344 g/mol. The van der Waals surface area contributed by atoms with E-state index in [1.54, 1.807) is 0 Å². The van der Waals surface area contributed by atoms with Crippen LogP contribution in [-0.4, -0.2) is 58.3 Å². The van der Waals surface area contributed by atoms with Crippen LogP contribution in [0.25, 0.3) is 0 Å². The van der Waals surface area contributed by atoms with Crippen LogP contribution in [0, 0.1) is 0 Å². The van der Waals surface area contributed by atoms with E-state index < -0.39 is 18.0 Å². The van der Waals surface area contributed by atoms with Crippen molar-refractivity contribution < 1.29 is 24.5 Å². The van der Waals surface area contributed by atoms with Crippen LogP contribution in [0.2, 0.25) is 0 Å². The highest BCUT2D eigenvalue weighted by molar-refractivity contribution is 5.96. The van der Waals surface area contributed by atoms with Gasteiger partial charge >= 0.3 is 5.97 Å². The van der Waals surface area contributed by atoms with Crippen molar-refractivity contribution in [3.05, 3.63) is 65.5 Å². The molecule has 0 radical (unpaired) electrons. The number of carboxylic acids is 1. The van der Waals surface area contributed by atoms with E-state index in [9.17, 15) is 14.7 Å². The van der Waals surface area contributed by atoms with Crippen LogP contribution in [0.1, 0.15) is 26.4 Å². The van der Waals surface area contributed by atoms with E-state index in [-0.39, 0.29) is 24.4 Å². The minimum Gasteiger partial charge on any atom is -0.477 e. The van der Waals surface area contributed by atoms with E-state index in [2.05, 4.69) is 4.98 Å². The van der Waals surface area contributed by atoms with Crippen LogP contribution in [0.4, 0.5) is 0 Å². The number of ether oxygens (including phenoxy) is 1. The molecule has 1 amide bonds. The molecule has 25 heavy (non-hydrogen) atoms. The first-order chi connectivity index (χ1) is 12.0. The molecule has 7 nitrogen and oxygen atoms in total. The first-order valence-corrected chi connectivity index (χ1v) is 7.72. The maximum Gasteiger partial charge on any atom is 0.354 e. The van der Waals surface area contributed by atoms with Crippen LogP contribution < -0.4 is 0 Å². The number of rotatable bonds is 8. The van der Waals surface area contributed by atoms with Gasteiger partial charge < -0.3 is 19.8 Å². The van der Waals surface area contributed by atoms with Gasteiger partial charge in [-0.2, -0.15) is 0 Å². The molecule has 0 bridgehead atoms. The number of aliphatic hydroxyl groups excluding tert-OH is 1. The molecule has 0 saturated heterocycles. The number of carboxylic acid groups (broad SMARTS) is 1. The number of amides is 1. The van der Waals surface area contributed by atoms with Crippen LogP contribution in [0.3, 0.4) is 0 Å². The summed E-state index contributed by atoms with van der Waals surface area (Å²) in [6, 6.07) is 12.2. The molecule has 2 N–H and O–H groups in total. The molecule has 1 aromatic heterocycles. The number of carbonyl (C=O) groups is 2. The highest BCUT2D eigenvalue weighted by Crippen LogP contribution is 2.07. The summed E-state index contributed by atoms with van der Waals surface area (Å²) in [6.45, 7) is 0.531. The van der Waals surface area contributed by atoms with Gasteiger partial charge in [0.15, 0.2) is 0 Å². The number of benzene rings is 1. The molecular formula is C18H20N2O5. The molecule has 1 unspecified atom stereocenters. The lowest BCUT2D eigenvalue weighted by molar-refractivity contribution is 0.0137. The SMILES string of the molecule is CN(CC(O)COCc1ccccc1)C(=O)c1ccnc(C(=O)O)c1. The van der Waals surface area contributed by atoms with Gasteiger partial charge in [-0.15, -0.1) is 0 Å². The fraction of sp³-hybridized carbons (Fsp3) is 0.278. The zero-order chi connectivity index (χ0) is 18.2. The van der Waals surface area contributed by atoms with E-state index in [1.807, 2.05) is 30.3 Å². The van der Waals surface area contributed by atoms with Gasteiger partial charge in [0.1, 0.15) is 5.69 Å². The highest BCUT2D eigenvalue weighted by atomic mass is 16.5. The van der Waals surface area contributed by atoms with Gasteiger partial charge in [-0.25, -0.2) is 9.78 Å². The molecule has 2 rings (SSSR count). The third kappa shape index (κ3) is 5.66. The topological polar surface area (TPSA) is 100.0 Å². The fourth-order valence-corrected chi connectivity index (χ4v) is 2.24. The molecule has 7 heteroatoms. The van der Waals surface area contributed by atoms with Crippen molar-refractivity contribution in [2.45, 2.75) is 12.7 Å². The number of aromatic nitrogens is 1.